The number of ether oxygens (including phenoxy) is 2. The minimum Gasteiger partial charge on any atom is -0.486 e. The lowest BCUT2D eigenvalue weighted by Crippen LogP contribution is -2.40. The fourth-order valence-electron chi connectivity index (χ4n) is 3.10. The molecule has 3 amide bonds. The topological polar surface area (TPSA) is 71.1 Å². The van der Waals surface area contributed by atoms with E-state index in [1.165, 1.54) is 4.90 Å². The number of nitrogens with one attached hydrogen (secondary N) is 1. The Balaban J connectivity index is 1.48. The second-order valence-corrected chi connectivity index (χ2v) is 7.08. The van der Waals surface area contributed by atoms with Gasteiger partial charge in [-0.05, 0) is 51.6 Å². The Hall–Kier alpha value is -2.28. The van der Waals surface area contributed by atoms with E-state index in [4.69, 9.17) is 9.47 Å². The number of carbonyl (C=O) groups excluding carboxylic acids is 2. The molecule has 1 N–H and O–H groups in total. The number of carbonyl (C=O) groups is 2. The Kier molecular flexibility index (Phi) is 4.85. The van der Waals surface area contributed by atoms with Gasteiger partial charge in [0.15, 0.2) is 11.5 Å². The monoisotopic (exact) mass is 347 g/mol. The van der Waals surface area contributed by atoms with Crippen molar-refractivity contribution in [3.63, 3.8) is 0 Å². The fraction of sp³-hybridized carbons (Fsp3) is 0.556. The number of hydrogen-bond acceptors (Lipinski definition) is 5. The summed E-state index contributed by atoms with van der Waals surface area (Å²) in [6.45, 7) is 6.59. The third kappa shape index (κ3) is 3.87. The molecule has 0 aromatic heterocycles. The van der Waals surface area contributed by atoms with E-state index in [2.05, 4.69) is 10.2 Å². The number of nitrogens with zero attached hydrogens (tertiary/aromatic N) is 2. The smallest absolute Gasteiger partial charge is 0.325 e. The average Bonchev–Trinajstić information content (AvgIpc) is 2.76. The van der Waals surface area contributed by atoms with Crippen LogP contribution in [0.3, 0.4) is 0 Å². The van der Waals surface area contributed by atoms with Gasteiger partial charge in [-0.15, -0.1) is 0 Å². The van der Waals surface area contributed by atoms with Gasteiger partial charge < -0.3 is 19.7 Å². The number of fused-ring (bicyclic) bond motifs is 1. The molecule has 7 heteroatoms. The summed E-state index contributed by atoms with van der Waals surface area (Å²) in [7, 11) is 2.02. The van der Waals surface area contributed by atoms with Gasteiger partial charge in [0.05, 0.1) is 0 Å². The summed E-state index contributed by atoms with van der Waals surface area (Å²) in [5, 5.41) is 2.70. The molecular formula is C18H25N3O4. The molecule has 1 fully saturated rings. The summed E-state index contributed by atoms with van der Waals surface area (Å²) in [4.78, 5) is 27.5. The molecule has 0 bridgehead atoms. The van der Waals surface area contributed by atoms with Gasteiger partial charge in [-0.3, -0.25) is 9.69 Å². The van der Waals surface area contributed by atoms with Crippen LogP contribution in [0.1, 0.15) is 25.8 Å². The van der Waals surface area contributed by atoms with Crippen molar-refractivity contribution in [3.05, 3.63) is 23.8 Å². The maximum atomic E-state index is 12.1. The number of benzene rings is 1. The van der Waals surface area contributed by atoms with Crippen molar-refractivity contribution in [2.24, 2.45) is 0 Å². The predicted octanol–water partition coefficient (Wildman–Crippen LogP) is 1.61. The Bertz CT molecular complexity index is 674. The van der Waals surface area contributed by atoms with Gasteiger partial charge in [-0.2, -0.15) is 0 Å². The zero-order valence-electron chi connectivity index (χ0n) is 15.0. The van der Waals surface area contributed by atoms with Crippen molar-refractivity contribution in [2.75, 3.05) is 33.4 Å². The normalized spacial score (nSPS) is 18.6. The summed E-state index contributed by atoms with van der Waals surface area (Å²) in [6, 6.07) is 5.67. The lowest BCUT2D eigenvalue weighted by atomic mass is 10.1. The molecular weight excluding hydrogens is 322 g/mol. The maximum Gasteiger partial charge on any atom is 0.325 e. The van der Waals surface area contributed by atoms with Crippen LogP contribution in [0.15, 0.2) is 18.2 Å². The van der Waals surface area contributed by atoms with E-state index in [0.29, 0.717) is 19.8 Å². The van der Waals surface area contributed by atoms with Crippen molar-refractivity contribution in [1.82, 2.24) is 15.1 Å². The van der Waals surface area contributed by atoms with Crippen LogP contribution in [0, 0.1) is 0 Å². The van der Waals surface area contributed by atoms with E-state index >= 15 is 0 Å². The van der Waals surface area contributed by atoms with E-state index in [0.717, 1.165) is 36.6 Å². The molecule has 0 aliphatic carbocycles. The Morgan fingerprint density at radius 3 is 2.60 bits per heavy atom. The molecule has 25 heavy (non-hydrogen) atoms. The van der Waals surface area contributed by atoms with Crippen LogP contribution in [-0.2, 0) is 11.3 Å². The highest BCUT2D eigenvalue weighted by Crippen LogP contribution is 2.31. The third-order valence-electron chi connectivity index (χ3n) is 4.43. The summed E-state index contributed by atoms with van der Waals surface area (Å²) in [6.07, 6.45) is 0.732. The van der Waals surface area contributed by atoms with Gasteiger partial charge in [-0.25, -0.2) is 4.79 Å². The van der Waals surface area contributed by atoms with Crippen molar-refractivity contribution in [1.29, 1.82) is 0 Å². The van der Waals surface area contributed by atoms with Crippen molar-refractivity contribution < 1.29 is 19.1 Å². The van der Waals surface area contributed by atoms with Crippen LogP contribution in [0.2, 0.25) is 0 Å². The first-order chi connectivity index (χ1) is 11.9. The van der Waals surface area contributed by atoms with Crippen LogP contribution < -0.4 is 14.8 Å². The van der Waals surface area contributed by atoms with E-state index in [1.807, 2.05) is 25.2 Å². The van der Waals surface area contributed by atoms with Crippen LogP contribution in [0.4, 0.5) is 4.79 Å². The van der Waals surface area contributed by atoms with Gasteiger partial charge in [0.25, 0.3) is 5.91 Å². The molecule has 1 saturated heterocycles. The molecule has 7 nitrogen and oxygen atoms in total. The van der Waals surface area contributed by atoms with Gasteiger partial charge in [0.1, 0.15) is 18.8 Å². The van der Waals surface area contributed by atoms with E-state index in [9.17, 15) is 9.59 Å². The first-order valence-corrected chi connectivity index (χ1v) is 8.58. The van der Waals surface area contributed by atoms with Crippen LogP contribution in [-0.4, -0.2) is 60.6 Å². The number of urea groups is 1. The van der Waals surface area contributed by atoms with Crippen LogP contribution in [0.5, 0.6) is 11.5 Å². The van der Waals surface area contributed by atoms with Crippen molar-refractivity contribution >= 4 is 11.9 Å². The summed E-state index contributed by atoms with van der Waals surface area (Å²) in [5.41, 5.74) is 0.344. The second kappa shape index (κ2) is 6.92. The number of amides is 3. The Labute approximate surface area is 147 Å². The molecule has 0 unspecified atom stereocenters. The van der Waals surface area contributed by atoms with Gasteiger partial charge in [-0.1, -0.05) is 6.07 Å². The highest BCUT2D eigenvalue weighted by atomic mass is 16.6. The first kappa shape index (κ1) is 17.5. The van der Waals surface area contributed by atoms with Gasteiger partial charge in [0.2, 0.25) is 0 Å². The van der Waals surface area contributed by atoms with Gasteiger partial charge in [0, 0.05) is 13.1 Å². The Morgan fingerprint density at radius 1 is 1.20 bits per heavy atom. The molecule has 1 aromatic carbocycles. The lowest BCUT2D eigenvalue weighted by molar-refractivity contribution is -0.130. The molecule has 3 rings (SSSR count). The molecule has 136 valence electrons. The quantitative estimate of drug-likeness (QED) is 0.792. The maximum absolute atomic E-state index is 12.1. The zero-order chi connectivity index (χ0) is 18.0. The SMILES string of the molecule is CN(CCCN1C(=O)NC(C)(C)C1=O)Cc1ccc2c(c1)OCCO2. The van der Waals surface area contributed by atoms with E-state index in [1.54, 1.807) is 13.8 Å². The largest absolute Gasteiger partial charge is 0.486 e. The third-order valence-corrected chi connectivity index (χ3v) is 4.43. The molecule has 0 atom stereocenters. The molecule has 2 heterocycles. The highest BCUT2D eigenvalue weighted by molar-refractivity contribution is 6.06. The molecule has 0 saturated carbocycles. The average molecular weight is 347 g/mol. The Morgan fingerprint density at radius 2 is 1.92 bits per heavy atom. The summed E-state index contributed by atoms with van der Waals surface area (Å²) >= 11 is 0. The molecule has 1 aromatic rings. The summed E-state index contributed by atoms with van der Waals surface area (Å²) in [5.74, 6) is 1.42. The van der Waals surface area contributed by atoms with Crippen LogP contribution in [0.25, 0.3) is 0 Å². The highest BCUT2D eigenvalue weighted by Gasteiger charge is 2.43. The standard InChI is InChI=1S/C18H25N3O4/c1-18(2)16(22)21(17(23)19-18)8-4-7-20(3)12-13-5-6-14-15(11-13)25-10-9-24-14/h5-6,11H,4,7-10,12H2,1-3H3,(H,19,23). The molecule has 2 aliphatic heterocycles. The summed E-state index contributed by atoms with van der Waals surface area (Å²) < 4.78 is 11.1. The zero-order valence-corrected chi connectivity index (χ0v) is 15.0. The van der Waals surface area contributed by atoms with Crippen molar-refractivity contribution in [2.45, 2.75) is 32.4 Å². The molecule has 0 spiro atoms. The minimum absolute atomic E-state index is 0.160. The second-order valence-electron chi connectivity index (χ2n) is 7.08. The number of imide groups is 1. The van der Waals surface area contributed by atoms with Crippen LogP contribution >= 0.6 is 0 Å². The van der Waals surface area contributed by atoms with E-state index < -0.39 is 5.54 Å². The predicted molar refractivity (Wildman–Crippen MR) is 92.7 cm³/mol. The minimum atomic E-state index is -0.797. The fourth-order valence-corrected chi connectivity index (χ4v) is 3.10. The number of hydrogen-bond donors (Lipinski definition) is 1. The molecule has 2 aliphatic rings. The number of rotatable bonds is 6. The first-order valence-electron chi connectivity index (χ1n) is 8.58. The van der Waals surface area contributed by atoms with E-state index in [-0.39, 0.29) is 11.9 Å². The van der Waals surface area contributed by atoms with Gasteiger partial charge >= 0.3 is 6.03 Å². The molecule has 0 radical (unpaired) electrons. The lowest BCUT2D eigenvalue weighted by Gasteiger charge is -2.22. The van der Waals surface area contributed by atoms with Crippen molar-refractivity contribution in [3.8, 4) is 11.5 Å².